The van der Waals surface area contributed by atoms with E-state index in [4.69, 9.17) is 5.26 Å². The van der Waals surface area contributed by atoms with Crippen LogP contribution in [0.25, 0.3) is 0 Å². The summed E-state index contributed by atoms with van der Waals surface area (Å²) < 4.78 is 13.0. The highest BCUT2D eigenvalue weighted by Gasteiger charge is 2.19. The van der Waals surface area contributed by atoms with Crippen molar-refractivity contribution in [1.82, 2.24) is 4.90 Å². The summed E-state index contributed by atoms with van der Waals surface area (Å²) in [5.74, 6) is -0.385. The zero-order valence-electron chi connectivity index (χ0n) is 11.4. The van der Waals surface area contributed by atoms with Crippen LogP contribution in [0.3, 0.4) is 0 Å². The summed E-state index contributed by atoms with van der Waals surface area (Å²) in [5, 5.41) is 12.2. The van der Waals surface area contributed by atoms with E-state index in [1.54, 1.807) is 6.07 Å². The molecule has 0 aliphatic carbocycles. The Balaban J connectivity index is 2.72. The monoisotopic (exact) mass is 249 g/mol. The fourth-order valence-electron chi connectivity index (χ4n) is 2.01. The van der Waals surface area contributed by atoms with Crippen LogP contribution in [0.5, 0.6) is 0 Å². The zero-order valence-corrected chi connectivity index (χ0v) is 11.4. The first-order valence-corrected chi connectivity index (χ1v) is 5.92. The molecular weight excluding hydrogens is 229 g/mol. The first kappa shape index (κ1) is 14.5. The van der Waals surface area contributed by atoms with E-state index in [9.17, 15) is 4.39 Å². The minimum atomic E-state index is -0.385. The lowest BCUT2D eigenvalue weighted by Gasteiger charge is -2.29. The van der Waals surface area contributed by atoms with Crippen LogP contribution < -0.4 is 5.32 Å². The quantitative estimate of drug-likeness (QED) is 0.872. The van der Waals surface area contributed by atoms with Crippen LogP contribution in [0.2, 0.25) is 0 Å². The summed E-state index contributed by atoms with van der Waals surface area (Å²) >= 11 is 0. The molecule has 0 saturated heterocycles. The van der Waals surface area contributed by atoms with Crippen molar-refractivity contribution in [3.8, 4) is 6.07 Å². The average molecular weight is 249 g/mol. The molecule has 98 valence electrons. The number of benzene rings is 1. The van der Waals surface area contributed by atoms with Crippen LogP contribution in [0.1, 0.15) is 19.4 Å². The minimum Gasteiger partial charge on any atom is -0.383 e. The molecule has 0 saturated carbocycles. The van der Waals surface area contributed by atoms with Crippen LogP contribution in [-0.2, 0) is 0 Å². The molecule has 0 aromatic heterocycles. The van der Waals surface area contributed by atoms with Crippen LogP contribution in [-0.4, -0.2) is 32.1 Å². The molecule has 0 spiro atoms. The Kier molecular flexibility index (Phi) is 4.69. The number of nitriles is 1. The van der Waals surface area contributed by atoms with Gasteiger partial charge in [-0.2, -0.15) is 5.26 Å². The van der Waals surface area contributed by atoms with Gasteiger partial charge < -0.3 is 10.2 Å². The van der Waals surface area contributed by atoms with E-state index in [1.165, 1.54) is 12.1 Å². The topological polar surface area (TPSA) is 39.1 Å². The summed E-state index contributed by atoms with van der Waals surface area (Å²) in [4.78, 5) is 2.12. The number of hydrogen-bond donors (Lipinski definition) is 1. The summed E-state index contributed by atoms with van der Waals surface area (Å²) in [6.07, 6.45) is 0. The van der Waals surface area contributed by atoms with Gasteiger partial charge in [-0.25, -0.2) is 4.39 Å². The van der Waals surface area contributed by atoms with E-state index < -0.39 is 0 Å². The largest absolute Gasteiger partial charge is 0.383 e. The van der Waals surface area contributed by atoms with Gasteiger partial charge in [0.05, 0.1) is 11.3 Å². The van der Waals surface area contributed by atoms with Crippen molar-refractivity contribution in [2.75, 3.05) is 32.5 Å². The van der Waals surface area contributed by atoms with Crippen molar-refractivity contribution in [2.45, 2.75) is 13.8 Å². The Morgan fingerprint density at radius 3 is 2.61 bits per heavy atom. The van der Waals surface area contributed by atoms with Gasteiger partial charge in [-0.05, 0) is 37.7 Å². The van der Waals surface area contributed by atoms with Gasteiger partial charge in [0.1, 0.15) is 11.9 Å². The first-order chi connectivity index (χ1) is 8.34. The molecule has 0 aliphatic heterocycles. The minimum absolute atomic E-state index is 0.0740. The van der Waals surface area contributed by atoms with Crippen molar-refractivity contribution < 1.29 is 4.39 Å². The second-order valence-corrected chi connectivity index (χ2v) is 5.56. The number of anilines is 1. The maximum absolute atomic E-state index is 13.0. The van der Waals surface area contributed by atoms with Gasteiger partial charge in [0.25, 0.3) is 0 Å². The summed E-state index contributed by atoms with van der Waals surface area (Å²) in [5.41, 5.74) is 1.10. The number of rotatable bonds is 5. The third-order valence-electron chi connectivity index (χ3n) is 2.60. The number of hydrogen-bond acceptors (Lipinski definition) is 3. The molecule has 0 fully saturated rings. The lowest BCUT2D eigenvalue weighted by atomic mass is 9.92. The van der Waals surface area contributed by atoms with E-state index in [1.807, 2.05) is 20.2 Å². The lowest BCUT2D eigenvalue weighted by Crippen LogP contribution is -2.34. The first-order valence-electron chi connectivity index (χ1n) is 5.92. The Labute approximate surface area is 108 Å². The molecule has 3 nitrogen and oxygen atoms in total. The maximum atomic E-state index is 13.0. The molecule has 1 N–H and O–H groups in total. The zero-order chi connectivity index (χ0) is 13.8. The van der Waals surface area contributed by atoms with Crippen LogP contribution in [0.4, 0.5) is 10.1 Å². The molecule has 0 aliphatic rings. The normalized spacial score (nSPS) is 11.4. The fraction of sp³-hybridized carbons (Fsp3) is 0.500. The number of nitrogens with zero attached hydrogens (tertiary/aromatic N) is 2. The van der Waals surface area contributed by atoms with Gasteiger partial charge in [0, 0.05) is 13.1 Å². The van der Waals surface area contributed by atoms with Gasteiger partial charge in [-0.1, -0.05) is 13.8 Å². The molecule has 4 heteroatoms. The third kappa shape index (κ3) is 4.34. The highest BCUT2D eigenvalue weighted by Crippen LogP contribution is 2.20. The Bertz CT molecular complexity index is 447. The van der Waals surface area contributed by atoms with Gasteiger partial charge in [-0.3, -0.25) is 0 Å². The van der Waals surface area contributed by atoms with Crippen molar-refractivity contribution in [3.05, 3.63) is 29.6 Å². The predicted molar refractivity (Wildman–Crippen MR) is 71.9 cm³/mol. The molecule has 1 rings (SSSR count). The van der Waals surface area contributed by atoms with Crippen LogP contribution in [0, 0.1) is 22.6 Å². The second-order valence-electron chi connectivity index (χ2n) is 5.56. The highest BCUT2D eigenvalue weighted by atomic mass is 19.1. The van der Waals surface area contributed by atoms with Gasteiger partial charge >= 0.3 is 0 Å². The summed E-state index contributed by atoms with van der Waals surface area (Å²) in [6, 6.07) is 6.23. The van der Waals surface area contributed by atoms with Crippen LogP contribution in [0.15, 0.2) is 18.2 Å². The molecule has 0 heterocycles. The van der Waals surface area contributed by atoms with E-state index in [0.29, 0.717) is 11.3 Å². The van der Waals surface area contributed by atoms with Crippen molar-refractivity contribution in [2.24, 2.45) is 5.41 Å². The maximum Gasteiger partial charge on any atom is 0.124 e. The van der Waals surface area contributed by atoms with Gasteiger partial charge in [0.15, 0.2) is 0 Å². The second kappa shape index (κ2) is 5.83. The van der Waals surface area contributed by atoms with Crippen molar-refractivity contribution in [1.29, 1.82) is 5.26 Å². The Morgan fingerprint density at radius 1 is 1.39 bits per heavy atom. The summed E-state index contributed by atoms with van der Waals surface area (Å²) in [6.45, 7) is 5.96. The standard InChI is InChI=1S/C14H20FN3/c1-14(2,10-18(3)4)9-17-13-6-5-12(15)7-11(13)8-16/h5-7,17H,9-10H2,1-4H3. The third-order valence-corrected chi connectivity index (χ3v) is 2.60. The number of nitrogens with one attached hydrogen (secondary N) is 1. The molecule has 18 heavy (non-hydrogen) atoms. The SMILES string of the molecule is CN(C)CC(C)(C)CNc1ccc(F)cc1C#N. The van der Waals surface area contributed by atoms with Crippen molar-refractivity contribution in [3.63, 3.8) is 0 Å². The van der Waals surface area contributed by atoms with Gasteiger partial charge in [0.2, 0.25) is 0 Å². The van der Waals surface area contributed by atoms with Gasteiger partial charge in [-0.15, -0.1) is 0 Å². The molecule has 0 unspecified atom stereocenters. The Morgan fingerprint density at radius 2 is 2.06 bits per heavy atom. The highest BCUT2D eigenvalue weighted by molar-refractivity contribution is 5.57. The predicted octanol–water partition coefficient (Wildman–Crippen LogP) is 2.70. The smallest absolute Gasteiger partial charge is 0.124 e. The molecular formula is C14H20FN3. The fourth-order valence-corrected chi connectivity index (χ4v) is 2.01. The molecule has 0 amide bonds. The lowest BCUT2D eigenvalue weighted by molar-refractivity contribution is 0.254. The summed E-state index contributed by atoms with van der Waals surface area (Å²) in [7, 11) is 4.06. The van der Waals surface area contributed by atoms with E-state index in [-0.39, 0.29) is 11.2 Å². The van der Waals surface area contributed by atoms with E-state index >= 15 is 0 Å². The van der Waals surface area contributed by atoms with E-state index in [0.717, 1.165) is 13.1 Å². The average Bonchev–Trinajstić information content (AvgIpc) is 2.25. The molecule has 0 bridgehead atoms. The molecule has 1 aromatic rings. The molecule has 0 atom stereocenters. The Hall–Kier alpha value is -1.60. The van der Waals surface area contributed by atoms with E-state index in [2.05, 4.69) is 24.1 Å². The molecule has 0 radical (unpaired) electrons. The van der Waals surface area contributed by atoms with Crippen LogP contribution >= 0.6 is 0 Å². The number of halogens is 1. The molecule has 1 aromatic carbocycles. The van der Waals surface area contributed by atoms with Crippen molar-refractivity contribution >= 4 is 5.69 Å².